The van der Waals surface area contributed by atoms with Crippen LogP contribution in [0.25, 0.3) is 0 Å². The lowest BCUT2D eigenvalue weighted by atomic mass is 9.79. The fourth-order valence-electron chi connectivity index (χ4n) is 10.1. The Morgan fingerprint density at radius 1 is 0.517 bits per heavy atom. The topological polar surface area (TPSA) is 76.1 Å². The first-order valence-corrected chi connectivity index (χ1v) is 27.0. The molecular formula is C54H105NO5. The molecule has 1 N–H and O–H groups in total. The van der Waals surface area contributed by atoms with E-state index < -0.39 is 0 Å². The zero-order valence-corrected chi connectivity index (χ0v) is 41.1. The van der Waals surface area contributed by atoms with E-state index in [2.05, 4.69) is 39.5 Å². The molecule has 0 aromatic heterocycles. The molecule has 0 bridgehead atoms. The molecule has 1 saturated heterocycles. The summed E-state index contributed by atoms with van der Waals surface area (Å²) in [6.07, 6.45) is 43.6. The Balaban J connectivity index is 2.40. The molecule has 1 aliphatic heterocycles. The highest BCUT2D eigenvalue weighted by Gasteiger charge is 2.24. The number of esters is 2. The van der Waals surface area contributed by atoms with E-state index >= 15 is 0 Å². The van der Waals surface area contributed by atoms with Crippen molar-refractivity contribution in [1.82, 2.24) is 4.90 Å². The number of hydrogen-bond acceptors (Lipinski definition) is 6. The summed E-state index contributed by atoms with van der Waals surface area (Å²) in [5, 5.41) is 9.48. The molecule has 1 aliphatic rings. The van der Waals surface area contributed by atoms with Crippen LogP contribution in [0.4, 0.5) is 0 Å². The summed E-state index contributed by atoms with van der Waals surface area (Å²) in [4.78, 5) is 27.5. The largest absolute Gasteiger partial charge is 0.466 e. The van der Waals surface area contributed by atoms with E-state index in [1.54, 1.807) is 0 Å². The summed E-state index contributed by atoms with van der Waals surface area (Å²) < 4.78 is 11.4. The Morgan fingerprint density at radius 3 is 1.35 bits per heavy atom. The molecule has 1 fully saturated rings. The van der Waals surface area contributed by atoms with Gasteiger partial charge in [-0.15, -0.1) is 0 Å². The summed E-state index contributed by atoms with van der Waals surface area (Å²) in [6.45, 7) is 16.2. The van der Waals surface area contributed by atoms with E-state index in [4.69, 9.17) is 9.47 Å². The van der Waals surface area contributed by atoms with E-state index in [1.807, 2.05) is 0 Å². The molecule has 1 rings (SSSR count). The van der Waals surface area contributed by atoms with Gasteiger partial charge in [0.15, 0.2) is 0 Å². The minimum atomic E-state index is 0.0116. The number of ether oxygens (including phenoxy) is 2. The zero-order valence-electron chi connectivity index (χ0n) is 41.1. The molecule has 2 unspecified atom stereocenters. The lowest BCUT2D eigenvalue weighted by molar-refractivity contribution is -0.145. The van der Waals surface area contributed by atoms with Gasteiger partial charge in [0.05, 0.1) is 19.8 Å². The fraction of sp³-hybridized carbons (Fsp3) is 0.963. The number of β-amino-alcohol motifs (C(OH)–C–C–N with tert-alkyl or cyclic N) is 1. The average Bonchev–Trinajstić information content (AvgIpc) is 3.48. The van der Waals surface area contributed by atoms with Crippen LogP contribution in [0.3, 0.4) is 0 Å². The predicted octanol–water partition coefficient (Wildman–Crippen LogP) is 15.6. The number of hydrogen-bond donors (Lipinski definition) is 1. The molecular weight excluding hydrogens is 743 g/mol. The highest BCUT2D eigenvalue weighted by molar-refractivity contribution is 5.69. The van der Waals surface area contributed by atoms with Gasteiger partial charge in [-0.3, -0.25) is 9.59 Å². The number of carbonyl (C=O) groups excluding carboxylic acids is 2. The summed E-state index contributed by atoms with van der Waals surface area (Å²) in [5.41, 5.74) is 0. The molecule has 0 spiro atoms. The summed E-state index contributed by atoms with van der Waals surface area (Å²) >= 11 is 0. The highest BCUT2D eigenvalue weighted by atomic mass is 16.5. The van der Waals surface area contributed by atoms with Crippen molar-refractivity contribution in [2.75, 3.05) is 39.5 Å². The van der Waals surface area contributed by atoms with Gasteiger partial charge >= 0.3 is 11.9 Å². The van der Waals surface area contributed by atoms with Crippen LogP contribution >= 0.6 is 0 Å². The van der Waals surface area contributed by atoms with Crippen molar-refractivity contribution in [3.05, 3.63) is 0 Å². The van der Waals surface area contributed by atoms with Gasteiger partial charge in [-0.2, -0.15) is 0 Å². The van der Waals surface area contributed by atoms with Crippen molar-refractivity contribution in [3.8, 4) is 0 Å². The SMILES string of the molecule is CCCCCC(CCCCC)CCOC(=O)CCCCCCCC(CCCCCCCC(=O)OCCC(CCCCC)CCCCC)CC(C)C1CCCN(CCO)CC1. The first-order chi connectivity index (χ1) is 29.4. The number of likely N-dealkylation sites (tertiary alicyclic amines) is 1. The van der Waals surface area contributed by atoms with Crippen LogP contribution < -0.4 is 0 Å². The van der Waals surface area contributed by atoms with Gasteiger partial charge in [-0.05, 0) is 94.0 Å². The van der Waals surface area contributed by atoms with Crippen molar-refractivity contribution >= 4 is 11.9 Å². The van der Waals surface area contributed by atoms with E-state index in [9.17, 15) is 14.7 Å². The van der Waals surface area contributed by atoms with Crippen molar-refractivity contribution in [1.29, 1.82) is 0 Å². The Bertz CT molecular complexity index is 867. The van der Waals surface area contributed by atoms with Gasteiger partial charge in [0.2, 0.25) is 0 Å². The minimum absolute atomic E-state index is 0.0116. The monoisotopic (exact) mass is 848 g/mol. The third-order valence-corrected chi connectivity index (χ3v) is 14.2. The molecule has 0 amide bonds. The zero-order chi connectivity index (χ0) is 43.7. The van der Waals surface area contributed by atoms with Crippen LogP contribution in [0.2, 0.25) is 0 Å². The van der Waals surface area contributed by atoms with Gasteiger partial charge in [-0.1, -0.05) is 202 Å². The third-order valence-electron chi connectivity index (χ3n) is 14.2. The number of aliphatic hydroxyl groups is 1. The van der Waals surface area contributed by atoms with E-state index in [0.29, 0.717) is 37.9 Å². The maximum absolute atomic E-state index is 12.5. The van der Waals surface area contributed by atoms with Crippen LogP contribution in [0.5, 0.6) is 0 Å². The molecule has 6 heteroatoms. The maximum atomic E-state index is 12.5. The third kappa shape index (κ3) is 33.4. The number of rotatable bonds is 43. The first-order valence-electron chi connectivity index (χ1n) is 27.0. The van der Waals surface area contributed by atoms with Gasteiger partial charge < -0.3 is 19.5 Å². The van der Waals surface area contributed by atoms with Crippen LogP contribution in [-0.2, 0) is 19.1 Å². The minimum Gasteiger partial charge on any atom is -0.466 e. The number of nitrogens with zero attached hydrogens (tertiary/aromatic N) is 1. The van der Waals surface area contributed by atoms with Gasteiger partial charge in [0, 0.05) is 19.4 Å². The number of aliphatic hydroxyl groups excluding tert-OH is 1. The van der Waals surface area contributed by atoms with Crippen LogP contribution in [0, 0.1) is 29.6 Å². The standard InChI is InChI=1S/C54H105NO5/c1-6-10-20-29-49(30-21-11-7-2)39-45-59-53(57)36-26-18-14-16-24-33-51(47-48(5)52-35-28-41-55(42-38-52)43-44-56)34-25-17-15-19-27-37-54(58)60-46-40-50(31-22-12-8-3)32-23-13-9-4/h48-52,56H,6-47H2,1-5H3. The second-order valence-corrected chi connectivity index (χ2v) is 19.7. The Labute approximate surface area is 374 Å². The number of unbranched alkanes of at least 4 members (excludes halogenated alkanes) is 16. The summed E-state index contributed by atoms with van der Waals surface area (Å²) in [5.74, 6) is 3.81. The van der Waals surface area contributed by atoms with Gasteiger partial charge in [-0.25, -0.2) is 0 Å². The summed E-state index contributed by atoms with van der Waals surface area (Å²) in [7, 11) is 0. The van der Waals surface area contributed by atoms with Crippen LogP contribution in [0.15, 0.2) is 0 Å². The Morgan fingerprint density at radius 2 is 0.917 bits per heavy atom. The molecule has 356 valence electrons. The smallest absolute Gasteiger partial charge is 0.305 e. The Kier molecular flexibility index (Phi) is 39.7. The first kappa shape index (κ1) is 56.9. The van der Waals surface area contributed by atoms with Crippen molar-refractivity contribution in [2.45, 2.75) is 266 Å². The second kappa shape index (κ2) is 41.8. The molecule has 0 saturated carbocycles. The lowest BCUT2D eigenvalue weighted by Crippen LogP contribution is -2.28. The maximum Gasteiger partial charge on any atom is 0.305 e. The molecule has 6 nitrogen and oxygen atoms in total. The van der Waals surface area contributed by atoms with E-state index in [0.717, 1.165) is 75.9 Å². The van der Waals surface area contributed by atoms with Crippen molar-refractivity contribution in [3.63, 3.8) is 0 Å². The molecule has 0 aromatic rings. The van der Waals surface area contributed by atoms with E-state index in [-0.39, 0.29) is 18.5 Å². The van der Waals surface area contributed by atoms with Crippen molar-refractivity contribution in [2.24, 2.45) is 29.6 Å². The molecule has 2 atom stereocenters. The second-order valence-electron chi connectivity index (χ2n) is 19.7. The highest BCUT2D eigenvalue weighted by Crippen LogP contribution is 2.33. The quantitative estimate of drug-likeness (QED) is 0.0487. The number of carbonyl (C=O) groups is 2. The van der Waals surface area contributed by atoms with Gasteiger partial charge in [0.1, 0.15) is 0 Å². The van der Waals surface area contributed by atoms with Crippen molar-refractivity contribution < 1.29 is 24.2 Å². The molecule has 1 heterocycles. The summed E-state index contributed by atoms with van der Waals surface area (Å²) in [6, 6.07) is 0. The van der Waals surface area contributed by atoms with E-state index in [1.165, 1.54) is 180 Å². The molecule has 0 radical (unpaired) electrons. The van der Waals surface area contributed by atoms with Crippen LogP contribution in [-0.4, -0.2) is 61.4 Å². The fourth-order valence-corrected chi connectivity index (χ4v) is 10.1. The van der Waals surface area contributed by atoms with Crippen LogP contribution in [0.1, 0.15) is 266 Å². The average molecular weight is 848 g/mol. The predicted molar refractivity (Wildman–Crippen MR) is 257 cm³/mol. The molecule has 0 aliphatic carbocycles. The lowest BCUT2D eigenvalue weighted by Gasteiger charge is -2.27. The normalized spacial score (nSPS) is 15.6. The molecule has 0 aromatic carbocycles. The van der Waals surface area contributed by atoms with Gasteiger partial charge in [0.25, 0.3) is 0 Å². The molecule has 60 heavy (non-hydrogen) atoms. The Hall–Kier alpha value is -1.14.